The Morgan fingerprint density at radius 1 is 1.10 bits per heavy atom. The van der Waals surface area contributed by atoms with E-state index in [0.29, 0.717) is 27.6 Å². The number of allylic oxidation sites excluding steroid dienone is 3. The number of hydrogen-bond acceptors (Lipinski definition) is 3. The van der Waals surface area contributed by atoms with Gasteiger partial charge in [0, 0.05) is 29.9 Å². The van der Waals surface area contributed by atoms with Crippen LogP contribution in [0, 0.1) is 6.92 Å². The molecule has 2 aromatic rings. The van der Waals surface area contributed by atoms with Gasteiger partial charge in [-0.15, -0.1) is 0 Å². The zero-order chi connectivity index (χ0) is 22.5. The molecule has 160 valence electrons. The normalized spacial score (nSPS) is 15.2. The molecule has 5 heteroatoms. The molecule has 0 atom stereocenters. The van der Waals surface area contributed by atoms with Gasteiger partial charge in [0.2, 0.25) is 0 Å². The first-order chi connectivity index (χ1) is 14.8. The minimum Gasteiger partial charge on any atom is -0.372 e. The number of benzene rings is 2. The maximum Gasteiger partial charge on any atom is 0.255 e. The topological polar surface area (TPSA) is 44.7 Å². The van der Waals surface area contributed by atoms with Crippen molar-refractivity contribution in [3.05, 3.63) is 94.2 Å². The van der Waals surface area contributed by atoms with E-state index in [0.717, 1.165) is 29.9 Å². The van der Waals surface area contributed by atoms with E-state index in [9.17, 15) is 4.79 Å². The van der Waals surface area contributed by atoms with Crippen molar-refractivity contribution in [1.82, 2.24) is 5.32 Å². The number of nitrogens with zero attached hydrogens (tertiary/aromatic N) is 2. The Morgan fingerprint density at radius 3 is 2.39 bits per heavy atom. The predicted octanol–water partition coefficient (Wildman–Crippen LogP) is 6.31. The lowest BCUT2D eigenvalue weighted by Gasteiger charge is -2.22. The van der Waals surface area contributed by atoms with Crippen LogP contribution in [0.5, 0.6) is 0 Å². The van der Waals surface area contributed by atoms with Crippen LogP contribution >= 0.6 is 11.6 Å². The molecule has 0 fully saturated rings. The number of nitrogens with one attached hydrogen (secondary N) is 1. The molecule has 0 unspecified atom stereocenters. The maximum absolute atomic E-state index is 12.6. The standard InChI is InChI=1S/C26H28ClN3O/c1-6-30(7-2)21-13-14-22(17(3)15-21)28-23-16-24(19(5)25(27)18(23)4)29-26(31)20-11-9-8-10-12-20/h8-16H,5-7H2,1-4H3,(H,29,31)/b28-23+. The summed E-state index contributed by atoms with van der Waals surface area (Å²) in [7, 11) is 0. The quantitative estimate of drug-likeness (QED) is 0.580. The number of halogens is 1. The average molecular weight is 434 g/mol. The number of carbonyl (C=O) groups excluding carboxylic acids is 1. The smallest absolute Gasteiger partial charge is 0.255 e. The second-order valence-electron chi connectivity index (χ2n) is 7.44. The van der Waals surface area contributed by atoms with E-state index in [1.165, 1.54) is 5.69 Å². The molecule has 1 aliphatic rings. The molecule has 0 bridgehead atoms. The van der Waals surface area contributed by atoms with Crippen molar-refractivity contribution in [2.75, 3.05) is 18.0 Å². The Balaban J connectivity index is 1.94. The van der Waals surface area contributed by atoms with Gasteiger partial charge >= 0.3 is 0 Å². The monoisotopic (exact) mass is 433 g/mol. The van der Waals surface area contributed by atoms with Gasteiger partial charge in [0.1, 0.15) is 0 Å². The maximum atomic E-state index is 12.6. The van der Waals surface area contributed by atoms with Crippen LogP contribution in [0.4, 0.5) is 11.4 Å². The van der Waals surface area contributed by atoms with Crippen LogP contribution in [-0.2, 0) is 0 Å². The highest BCUT2D eigenvalue weighted by atomic mass is 35.5. The fraction of sp³-hybridized carbons (Fsp3) is 0.231. The summed E-state index contributed by atoms with van der Waals surface area (Å²) < 4.78 is 0. The number of aryl methyl sites for hydroxylation is 1. The Bertz CT molecular complexity index is 1090. The van der Waals surface area contributed by atoms with Crippen molar-refractivity contribution < 1.29 is 4.79 Å². The summed E-state index contributed by atoms with van der Waals surface area (Å²) in [5.74, 6) is -0.212. The molecule has 0 radical (unpaired) electrons. The van der Waals surface area contributed by atoms with Crippen molar-refractivity contribution in [3.63, 3.8) is 0 Å². The fourth-order valence-electron chi connectivity index (χ4n) is 3.48. The van der Waals surface area contributed by atoms with Crippen LogP contribution in [0.25, 0.3) is 0 Å². The van der Waals surface area contributed by atoms with Gasteiger partial charge in [-0.05, 0) is 75.2 Å². The Morgan fingerprint density at radius 2 is 1.77 bits per heavy atom. The van der Waals surface area contributed by atoms with Crippen LogP contribution in [0.3, 0.4) is 0 Å². The van der Waals surface area contributed by atoms with Gasteiger partial charge in [-0.1, -0.05) is 36.4 Å². The minimum absolute atomic E-state index is 0.212. The number of hydrogen-bond donors (Lipinski definition) is 1. The van der Waals surface area contributed by atoms with E-state index < -0.39 is 0 Å². The molecule has 0 saturated carbocycles. The Hall–Kier alpha value is -3.11. The molecule has 3 rings (SSSR count). The molecule has 31 heavy (non-hydrogen) atoms. The molecule has 0 saturated heterocycles. The summed E-state index contributed by atoms with van der Waals surface area (Å²) in [5, 5.41) is 3.42. The Labute approximate surface area is 189 Å². The van der Waals surface area contributed by atoms with E-state index in [-0.39, 0.29) is 5.91 Å². The SMILES string of the molecule is C=C1C(NC(=O)c2ccccc2)=C/C(=N\c2ccc(N(CC)CC)cc2C)C(C)=C1Cl. The van der Waals surface area contributed by atoms with Gasteiger partial charge < -0.3 is 10.2 Å². The molecule has 4 nitrogen and oxygen atoms in total. The van der Waals surface area contributed by atoms with Crippen LogP contribution in [0.1, 0.15) is 36.7 Å². The van der Waals surface area contributed by atoms with E-state index in [1.54, 1.807) is 12.1 Å². The van der Waals surface area contributed by atoms with E-state index in [1.807, 2.05) is 37.3 Å². The lowest BCUT2D eigenvalue weighted by atomic mass is 9.98. The summed E-state index contributed by atoms with van der Waals surface area (Å²) in [5.41, 5.74) is 6.37. The molecule has 1 N–H and O–H groups in total. The third kappa shape index (κ3) is 4.97. The van der Waals surface area contributed by atoms with Crippen LogP contribution < -0.4 is 10.2 Å². The highest BCUT2D eigenvalue weighted by molar-refractivity contribution is 6.36. The lowest BCUT2D eigenvalue weighted by Crippen LogP contribution is -2.26. The largest absolute Gasteiger partial charge is 0.372 e. The number of rotatable bonds is 6. The first-order valence-electron chi connectivity index (χ1n) is 10.4. The highest BCUT2D eigenvalue weighted by Gasteiger charge is 2.21. The summed E-state index contributed by atoms with van der Waals surface area (Å²) in [6.07, 6.45) is 1.84. The first-order valence-corrected chi connectivity index (χ1v) is 10.8. The summed E-state index contributed by atoms with van der Waals surface area (Å²) in [4.78, 5) is 19.8. The van der Waals surface area contributed by atoms with Gasteiger partial charge in [-0.2, -0.15) is 0 Å². The van der Waals surface area contributed by atoms with Crippen LogP contribution in [-0.4, -0.2) is 24.7 Å². The molecular formula is C26H28ClN3O. The van der Waals surface area contributed by atoms with Gasteiger partial charge in [0.15, 0.2) is 0 Å². The number of aliphatic imine (C=N–C) groups is 1. The van der Waals surface area contributed by atoms with Crippen molar-refractivity contribution in [1.29, 1.82) is 0 Å². The zero-order valence-electron chi connectivity index (χ0n) is 18.5. The van der Waals surface area contributed by atoms with Gasteiger partial charge in [0.05, 0.1) is 22.1 Å². The molecule has 0 spiro atoms. The van der Waals surface area contributed by atoms with Crippen molar-refractivity contribution >= 4 is 34.6 Å². The molecule has 1 amide bonds. The molecule has 0 heterocycles. The highest BCUT2D eigenvalue weighted by Crippen LogP contribution is 2.32. The Kier molecular flexibility index (Phi) is 7.13. The minimum atomic E-state index is -0.212. The van der Waals surface area contributed by atoms with Crippen molar-refractivity contribution in [2.45, 2.75) is 27.7 Å². The second-order valence-corrected chi connectivity index (χ2v) is 7.81. The zero-order valence-corrected chi connectivity index (χ0v) is 19.3. The molecule has 0 aliphatic heterocycles. The van der Waals surface area contributed by atoms with E-state index in [2.05, 4.69) is 49.7 Å². The van der Waals surface area contributed by atoms with Gasteiger partial charge in [-0.3, -0.25) is 4.79 Å². The molecule has 0 aromatic heterocycles. The van der Waals surface area contributed by atoms with Gasteiger partial charge in [-0.25, -0.2) is 4.99 Å². The summed E-state index contributed by atoms with van der Waals surface area (Å²) in [6.45, 7) is 14.2. The number of anilines is 1. The third-order valence-electron chi connectivity index (χ3n) is 5.42. The summed E-state index contributed by atoms with van der Waals surface area (Å²) >= 11 is 6.55. The second kappa shape index (κ2) is 9.80. The molecule has 1 aliphatic carbocycles. The van der Waals surface area contributed by atoms with Crippen LogP contribution in [0.15, 0.2) is 88.1 Å². The predicted molar refractivity (Wildman–Crippen MR) is 132 cm³/mol. The summed E-state index contributed by atoms with van der Waals surface area (Å²) in [6, 6.07) is 15.3. The fourth-order valence-corrected chi connectivity index (χ4v) is 3.68. The van der Waals surface area contributed by atoms with Gasteiger partial charge in [0.25, 0.3) is 5.91 Å². The molecule has 2 aromatic carbocycles. The first kappa shape index (κ1) is 22.6. The van der Waals surface area contributed by atoms with E-state index >= 15 is 0 Å². The average Bonchev–Trinajstić information content (AvgIpc) is 2.78. The van der Waals surface area contributed by atoms with Crippen LogP contribution in [0.2, 0.25) is 0 Å². The lowest BCUT2D eigenvalue weighted by molar-refractivity contribution is 0.0967. The number of carbonyl (C=O) groups is 1. The molecular weight excluding hydrogens is 406 g/mol. The van der Waals surface area contributed by atoms with Crippen molar-refractivity contribution in [2.24, 2.45) is 4.99 Å². The number of amides is 1. The van der Waals surface area contributed by atoms with Crippen molar-refractivity contribution in [3.8, 4) is 0 Å². The van der Waals surface area contributed by atoms with E-state index in [4.69, 9.17) is 16.6 Å². The third-order valence-corrected chi connectivity index (χ3v) is 5.93.